The second-order valence-corrected chi connectivity index (χ2v) is 4.85. The molecule has 0 bridgehead atoms. The van der Waals surface area contributed by atoms with E-state index < -0.39 is 0 Å². The Balaban J connectivity index is 2.08. The summed E-state index contributed by atoms with van der Waals surface area (Å²) >= 11 is 0. The first kappa shape index (κ1) is 13.7. The van der Waals surface area contributed by atoms with Crippen molar-refractivity contribution < 1.29 is 4.39 Å². The third-order valence-corrected chi connectivity index (χ3v) is 3.39. The predicted octanol–water partition coefficient (Wildman–Crippen LogP) is 2.89. The van der Waals surface area contributed by atoms with E-state index >= 15 is 0 Å². The molecule has 1 aromatic heterocycles. The van der Waals surface area contributed by atoms with E-state index in [1.165, 1.54) is 11.6 Å². The summed E-state index contributed by atoms with van der Waals surface area (Å²) in [4.78, 5) is 2.28. The number of hydrogen-bond donors (Lipinski definition) is 0. The van der Waals surface area contributed by atoms with Crippen molar-refractivity contribution in [1.82, 2.24) is 14.7 Å². The molecule has 0 saturated carbocycles. The molecule has 2 aromatic rings. The van der Waals surface area contributed by atoms with Crippen LogP contribution in [-0.2, 0) is 20.1 Å². The van der Waals surface area contributed by atoms with Crippen molar-refractivity contribution in [2.24, 2.45) is 7.05 Å². The van der Waals surface area contributed by atoms with Gasteiger partial charge in [-0.3, -0.25) is 9.58 Å². The highest BCUT2D eigenvalue weighted by Gasteiger charge is 2.09. The molecule has 0 saturated heterocycles. The standard InChI is InChI=1S/C15H20FN3/c1-4-19(10-13-8-17-18(3)9-13)11-14-6-5-7-15(16)12(14)2/h5-9H,4,10-11H2,1-3H3. The Labute approximate surface area is 113 Å². The van der Waals surface area contributed by atoms with Crippen LogP contribution in [0.1, 0.15) is 23.6 Å². The van der Waals surface area contributed by atoms with E-state index in [2.05, 4.69) is 16.9 Å². The zero-order chi connectivity index (χ0) is 13.8. The first-order chi connectivity index (χ1) is 9.10. The van der Waals surface area contributed by atoms with E-state index in [0.29, 0.717) is 0 Å². The SMILES string of the molecule is CCN(Cc1cnn(C)c1)Cc1cccc(F)c1C. The van der Waals surface area contributed by atoms with Crippen molar-refractivity contribution >= 4 is 0 Å². The number of hydrogen-bond acceptors (Lipinski definition) is 2. The molecule has 1 aromatic carbocycles. The van der Waals surface area contributed by atoms with E-state index in [0.717, 1.165) is 30.8 Å². The Morgan fingerprint density at radius 3 is 2.74 bits per heavy atom. The van der Waals surface area contributed by atoms with Crippen molar-refractivity contribution in [1.29, 1.82) is 0 Å². The minimum atomic E-state index is -0.130. The predicted molar refractivity (Wildman–Crippen MR) is 74.1 cm³/mol. The van der Waals surface area contributed by atoms with Gasteiger partial charge in [0, 0.05) is 31.9 Å². The van der Waals surface area contributed by atoms with Crippen molar-refractivity contribution in [3.05, 3.63) is 53.1 Å². The Bertz CT molecular complexity index is 548. The molecule has 19 heavy (non-hydrogen) atoms. The Morgan fingerprint density at radius 2 is 2.11 bits per heavy atom. The maximum atomic E-state index is 13.5. The number of aromatic nitrogens is 2. The van der Waals surface area contributed by atoms with Gasteiger partial charge in [-0.05, 0) is 30.7 Å². The minimum Gasteiger partial charge on any atom is -0.295 e. The second kappa shape index (κ2) is 5.97. The largest absolute Gasteiger partial charge is 0.295 e. The molecule has 0 aliphatic rings. The Hall–Kier alpha value is -1.68. The lowest BCUT2D eigenvalue weighted by molar-refractivity contribution is 0.270. The highest BCUT2D eigenvalue weighted by molar-refractivity contribution is 5.27. The summed E-state index contributed by atoms with van der Waals surface area (Å²) in [5.41, 5.74) is 2.97. The fourth-order valence-electron chi connectivity index (χ4n) is 2.16. The number of halogens is 1. The highest BCUT2D eigenvalue weighted by Crippen LogP contribution is 2.15. The maximum absolute atomic E-state index is 13.5. The molecule has 0 aliphatic heterocycles. The molecule has 0 fully saturated rings. The van der Waals surface area contributed by atoms with Crippen LogP contribution in [0.2, 0.25) is 0 Å². The molecular weight excluding hydrogens is 241 g/mol. The van der Waals surface area contributed by atoms with Gasteiger partial charge in [0.05, 0.1) is 6.20 Å². The zero-order valence-corrected chi connectivity index (χ0v) is 11.7. The summed E-state index contributed by atoms with van der Waals surface area (Å²) in [6.07, 6.45) is 3.89. The summed E-state index contributed by atoms with van der Waals surface area (Å²) in [6.45, 7) is 6.47. The van der Waals surface area contributed by atoms with E-state index in [1.807, 2.05) is 32.4 Å². The molecule has 0 radical (unpaired) electrons. The van der Waals surface area contributed by atoms with Crippen LogP contribution in [0, 0.1) is 12.7 Å². The average Bonchev–Trinajstić information content (AvgIpc) is 2.79. The van der Waals surface area contributed by atoms with Crippen LogP contribution in [0.5, 0.6) is 0 Å². The lowest BCUT2D eigenvalue weighted by Gasteiger charge is -2.20. The molecule has 0 unspecified atom stereocenters. The summed E-state index contributed by atoms with van der Waals surface area (Å²) in [7, 11) is 1.91. The van der Waals surface area contributed by atoms with Gasteiger partial charge in [-0.15, -0.1) is 0 Å². The van der Waals surface area contributed by atoms with E-state index in [9.17, 15) is 4.39 Å². The van der Waals surface area contributed by atoms with Crippen molar-refractivity contribution in [2.75, 3.05) is 6.54 Å². The van der Waals surface area contributed by atoms with Gasteiger partial charge < -0.3 is 0 Å². The first-order valence-electron chi connectivity index (χ1n) is 6.54. The molecule has 0 aliphatic carbocycles. The lowest BCUT2D eigenvalue weighted by atomic mass is 10.1. The Kier molecular flexibility index (Phi) is 4.32. The molecule has 102 valence electrons. The maximum Gasteiger partial charge on any atom is 0.126 e. The minimum absolute atomic E-state index is 0.130. The van der Waals surface area contributed by atoms with Crippen molar-refractivity contribution in [3.8, 4) is 0 Å². The van der Waals surface area contributed by atoms with Gasteiger partial charge >= 0.3 is 0 Å². The van der Waals surface area contributed by atoms with Crippen LogP contribution in [0.15, 0.2) is 30.6 Å². The molecule has 1 heterocycles. The Morgan fingerprint density at radius 1 is 1.32 bits per heavy atom. The van der Waals surface area contributed by atoms with Crippen molar-refractivity contribution in [3.63, 3.8) is 0 Å². The van der Waals surface area contributed by atoms with Crippen LogP contribution >= 0.6 is 0 Å². The molecule has 0 atom stereocenters. The van der Waals surface area contributed by atoms with Gasteiger partial charge in [0.2, 0.25) is 0 Å². The van der Waals surface area contributed by atoms with Crippen molar-refractivity contribution in [2.45, 2.75) is 26.9 Å². The summed E-state index contributed by atoms with van der Waals surface area (Å²) in [5.74, 6) is -0.130. The summed E-state index contributed by atoms with van der Waals surface area (Å²) in [5, 5.41) is 4.17. The number of aryl methyl sites for hydroxylation is 1. The van der Waals surface area contributed by atoms with Gasteiger partial charge in [0.15, 0.2) is 0 Å². The summed E-state index contributed by atoms with van der Waals surface area (Å²) in [6, 6.07) is 5.27. The van der Waals surface area contributed by atoms with E-state index in [4.69, 9.17) is 0 Å². The fraction of sp³-hybridized carbons (Fsp3) is 0.400. The lowest BCUT2D eigenvalue weighted by Crippen LogP contribution is -2.22. The first-order valence-corrected chi connectivity index (χ1v) is 6.54. The smallest absolute Gasteiger partial charge is 0.126 e. The van der Waals surface area contributed by atoms with Gasteiger partial charge in [0.1, 0.15) is 5.82 Å². The molecule has 0 spiro atoms. The topological polar surface area (TPSA) is 21.1 Å². The molecule has 3 nitrogen and oxygen atoms in total. The van der Waals surface area contributed by atoms with Gasteiger partial charge in [0.25, 0.3) is 0 Å². The van der Waals surface area contributed by atoms with Gasteiger partial charge in [-0.1, -0.05) is 19.1 Å². The number of rotatable bonds is 5. The second-order valence-electron chi connectivity index (χ2n) is 4.85. The van der Waals surface area contributed by atoms with E-state index in [-0.39, 0.29) is 5.82 Å². The quantitative estimate of drug-likeness (QED) is 0.825. The van der Waals surface area contributed by atoms with Crippen LogP contribution in [0.4, 0.5) is 4.39 Å². The molecular formula is C15H20FN3. The van der Waals surface area contributed by atoms with Crippen LogP contribution in [-0.4, -0.2) is 21.2 Å². The fourth-order valence-corrected chi connectivity index (χ4v) is 2.16. The van der Waals surface area contributed by atoms with Gasteiger partial charge in [-0.2, -0.15) is 5.10 Å². The third-order valence-electron chi connectivity index (χ3n) is 3.39. The zero-order valence-electron chi connectivity index (χ0n) is 11.7. The summed E-state index contributed by atoms with van der Waals surface area (Å²) < 4.78 is 15.3. The van der Waals surface area contributed by atoms with Crippen LogP contribution < -0.4 is 0 Å². The highest BCUT2D eigenvalue weighted by atomic mass is 19.1. The monoisotopic (exact) mass is 261 g/mol. The average molecular weight is 261 g/mol. The van der Waals surface area contributed by atoms with Crippen LogP contribution in [0.25, 0.3) is 0 Å². The third kappa shape index (κ3) is 3.41. The number of benzene rings is 1. The number of nitrogens with zero attached hydrogens (tertiary/aromatic N) is 3. The molecule has 0 N–H and O–H groups in total. The molecule has 0 amide bonds. The molecule has 4 heteroatoms. The van der Waals surface area contributed by atoms with E-state index in [1.54, 1.807) is 10.7 Å². The van der Waals surface area contributed by atoms with Gasteiger partial charge in [-0.25, -0.2) is 4.39 Å². The normalized spacial score (nSPS) is 11.2. The molecule has 2 rings (SSSR count). The van der Waals surface area contributed by atoms with Crippen LogP contribution in [0.3, 0.4) is 0 Å².